The first-order chi connectivity index (χ1) is 28.7. The zero-order valence-electron chi connectivity index (χ0n) is 32.9. The molecule has 1 aliphatic rings. The fourth-order valence-electron chi connectivity index (χ4n) is 7.86. The molecule has 3 heterocycles. The number of hydrogen-bond acceptors (Lipinski definition) is 4. The number of aromatic nitrogens is 2. The quantitative estimate of drug-likeness (QED) is 0.149. The van der Waals surface area contributed by atoms with Crippen LogP contribution in [0.25, 0.3) is 49.9 Å². The van der Waals surface area contributed by atoms with Crippen LogP contribution in [0.15, 0.2) is 164 Å². The van der Waals surface area contributed by atoms with Gasteiger partial charge >= 0.3 is 0 Å². The maximum absolute atomic E-state index is 15.6. The Kier molecular flexibility index (Phi) is 10.1. The topological polar surface area (TPSA) is 33.5 Å². The first-order valence-electron chi connectivity index (χ1n) is 19.5. The first-order valence-corrected chi connectivity index (χ1v) is 19.5. The van der Waals surface area contributed by atoms with Crippen LogP contribution in [0.2, 0.25) is 0 Å². The van der Waals surface area contributed by atoms with Crippen LogP contribution in [0.3, 0.4) is 0 Å². The molecule has 298 valence electrons. The summed E-state index contributed by atoms with van der Waals surface area (Å²) in [5, 5.41) is 2.10. The fourth-order valence-corrected chi connectivity index (χ4v) is 7.86. The summed E-state index contributed by atoms with van der Waals surface area (Å²) in [4.78, 5) is 8.17. The maximum Gasteiger partial charge on any atom is 0.147 e. The number of benzene rings is 7. The van der Waals surface area contributed by atoms with Crippen LogP contribution in [-0.4, -0.2) is 9.55 Å². The number of rotatable bonds is 7. The van der Waals surface area contributed by atoms with Crippen molar-refractivity contribution in [3.05, 3.63) is 200 Å². The van der Waals surface area contributed by atoms with Gasteiger partial charge in [0.2, 0.25) is 0 Å². The molecule has 0 unspecified atom stereocenters. The number of halogens is 2. The molecule has 10 rings (SSSR count). The van der Waals surface area contributed by atoms with Crippen LogP contribution in [-0.2, 0) is 26.5 Å². The van der Waals surface area contributed by atoms with E-state index in [1.807, 2.05) is 89.8 Å². The van der Waals surface area contributed by atoms with Crippen molar-refractivity contribution in [2.75, 3.05) is 9.80 Å². The average Bonchev–Trinajstić information content (AvgIpc) is 3.79. The summed E-state index contributed by atoms with van der Waals surface area (Å²) >= 11 is 0. The van der Waals surface area contributed by atoms with Crippen LogP contribution in [0.4, 0.5) is 31.5 Å². The zero-order valence-corrected chi connectivity index (χ0v) is 35.2. The molecule has 0 saturated heterocycles. The summed E-state index contributed by atoms with van der Waals surface area (Å²) in [6, 6.07) is 57.7. The predicted molar refractivity (Wildman–Crippen MR) is 234 cm³/mol. The van der Waals surface area contributed by atoms with Gasteiger partial charge in [-0.15, -0.1) is 53.6 Å². The van der Waals surface area contributed by atoms with Crippen LogP contribution < -0.4 is 14.5 Å². The number of para-hydroxylation sites is 2. The van der Waals surface area contributed by atoms with Gasteiger partial charge in [0.05, 0.1) is 5.69 Å². The van der Waals surface area contributed by atoms with E-state index in [9.17, 15) is 0 Å². The number of fused-ring (bicyclic) bond motifs is 4. The number of hydrogen-bond donors (Lipinski definition) is 0. The predicted octanol–water partition coefficient (Wildman–Crippen LogP) is 13.9. The van der Waals surface area contributed by atoms with Gasteiger partial charge in [0.25, 0.3) is 0 Å². The fraction of sp³-hybridized carbons (Fsp3) is 0.0769. The molecule has 8 heteroatoms. The van der Waals surface area contributed by atoms with Crippen molar-refractivity contribution in [2.24, 2.45) is 0 Å². The standard InChI is InChI=1S/C52H37F2N4O.Pt/c1-52(2,3)38-23-26-47-49(30-38)57(51-44(53)15-11-16-45(51)54)33-56(47)39-28-37(36-21-19-35(20-22-36)34-12-5-4-6-13-34)29-41(31-39)59-40-24-25-43-42-14-7-8-17-46(42)58(48(43)32-40)50-18-9-10-27-55-50;/h4-30,33H,1-3H3;/q-3;. The molecule has 0 fully saturated rings. The van der Waals surface area contributed by atoms with Gasteiger partial charge in [-0.2, -0.15) is 6.07 Å². The number of pyridine rings is 1. The normalized spacial score (nSPS) is 12.5. The smallest absolute Gasteiger partial charge is 0.147 e. The number of nitrogens with zero attached hydrogens (tertiary/aromatic N) is 4. The van der Waals surface area contributed by atoms with Crippen molar-refractivity contribution >= 4 is 44.6 Å². The monoisotopic (exact) mass is 966 g/mol. The Hall–Kier alpha value is -6.56. The molecule has 5 nitrogen and oxygen atoms in total. The molecule has 2 aromatic heterocycles. The van der Waals surface area contributed by atoms with E-state index in [4.69, 9.17) is 4.74 Å². The Morgan fingerprint density at radius 3 is 2.02 bits per heavy atom. The Bertz CT molecular complexity index is 3000. The molecule has 9 aromatic rings. The molecule has 0 saturated carbocycles. The minimum Gasteiger partial charge on any atom is -0.509 e. The Morgan fingerprint density at radius 2 is 1.28 bits per heavy atom. The van der Waals surface area contributed by atoms with Crippen LogP contribution in [0, 0.1) is 30.4 Å². The molecule has 7 aromatic carbocycles. The van der Waals surface area contributed by atoms with Crippen molar-refractivity contribution in [3.63, 3.8) is 0 Å². The summed E-state index contributed by atoms with van der Waals surface area (Å²) in [5.41, 5.74) is 8.57. The van der Waals surface area contributed by atoms with Crippen molar-refractivity contribution in [2.45, 2.75) is 26.2 Å². The summed E-state index contributed by atoms with van der Waals surface area (Å²) in [5.74, 6) is 0.383. The molecule has 0 atom stereocenters. The van der Waals surface area contributed by atoms with E-state index < -0.39 is 11.6 Å². The van der Waals surface area contributed by atoms with Crippen molar-refractivity contribution in [1.82, 2.24) is 9.55 Å². The van der Waals surface area contributed by atoms with Gasteiger partial charge in [0.15, 0.2) is 0 Å². The van der Waals surface area contributed by atoms with E-state index in [-0.39, 0.29) is 32.2 Å². The second-order valence-electron chi connectivity index (χ2n) is 15.7. The van der Waals surface area contributed by atoms with Crippen LogP contribution >= 0.6 is 0 Å². The molecule has 0 spiro atoms. The van der Waals surface area contributed by atoms with Crippen molar-refractivity contribution in [3.8, 4) is 39.6 Å². The Labute approximate surface area is 362 Å². The molecule has 0 radical (unpaired) electrons. The minimum atomic E-state index is -0.662. The summed E-state index contributed by atoms with van der Waals surface area (Å²) in [7, 11) is 0. The Balaban J connectivity index is 0.00000462. The maximum atomic E-state index is 15.6. The zero-order chi connectivity index (χ0) is 40.3. The van der Waals surface area contributed by atoms with Crippen molar-refractivity contribution < 1.29 is 34.6 Å². The first kappa shape index (κ1) is 38.9. The van der Waals surface area contributed by atoms with Crippen molar-refractivity contribution in [1.29, 1.82) is 0 Å². The van der Waals surface area contributed by atoms with E-state index in [1.54, 1.807) is 17.8 Å². The molecule has 0 amide bonds. The molecule has 0 aliphatic carbocycles. The van der Waals surface area contributed by atoms with Gasteiger partial charge in [0, 0.05) is 55.7 Å². The largest absolute Gasteiger partial charge is 0.509 e. The summed E-state index contributed by atoms with van der Waals surface area (Å²) in [6.45, 7) is 8.08. The molecular formula is C52H37F2N4OPt-3. The molecule has 1 aliphatic heterocycles. The van der Waals surface area contributed by atoms with Crippen LogP contribution in [0.1, 0.15) is 26.3 Å². The van der Waals surface area contributed by atoms with Gasteiger partial charge < -0.3 is 19.1 Å². The Morgan fingerprint density at radius 1 is 0.583 bits per heavy atom. The van der Waals surface area contributed by atoms with Gasteiger partial charge in [-0.1, -0.05) is 117 Å². The van der Waals surface area contributed by atoms with E-state index in [2.05, 4.69) is 97.1 Å². The number of ether oxygens (including phenoxy) is 1. The molecule has 60 heavy (non-hydrogen) atoms. The second-order valence-corrected chi connectivity index (χ2v) is 15.7. The van der Waals surface area contributed by atoms with E-state index in [0.717, 1.165) is 61.1 Å². The summed E-state index contributed by atoms with van der Waals surface area (Å²) in [6.07, 6.45) is 1.78. The van der Waals surface area contributed by atoms with Gasteiger partial charge in [-0.25, -0.2) is 13.8 Å². The van der Waals surface area contributed by atoms with Gasteiger partial charge in [0.1, 0.15) is 17.5 Å². The van der Waals surface area contributed by atoms with E-state index in [1.165, 1.54) is 18.2 Å². The second kappa shape index (κ2) is 15.6. The number of anilines is 4. The third-order valence-electron chi connectivity index (χ3n) is 10.8. The van der Waals surface area contributed by atoms with Gasteiger partial charge in [-0.3, -0.25) is 0 Å². The van der Waals surface area contributed by atoms with E-state index in [0.29, 0.717) is 22.9 Å². The van der Waals surface area contributed by atoms with Crippen LogP contribution in [0.5, 0.6) is 11.5 Å². The van der Waals surface area contributed by atoms with Gasteiger partial charge in [-0.05, 0) is 75.5 Å². The third kappa shape index (κ3) is 7.03. The van der Waals surface area contributed by atoms with E-state index >= 15 is 8.78 Å². The molecule has 0 bridgehead atoms. The minimum absolute atomic E-state index is 0. The summed E-state index contributed by atoms with van der Waals surface area (Å²) < 4.78 is 39.9. The average molecular weight is 967 g/mol. The molecular weight excluding hydrogens is 930 g/mol. The third-order valence-corrected chi connectivity index (χ3v) is 10.8. The SMILES string of the molecule is CC(C)(C)c1ccc2c(c1)N(c1c(F)cccc1F)[CH-]N2c1[c-]c(Oc2[c-]c3c(cc2)c2ccccc2n3-c2ccccn2)cc(-c2ccc(-c3ccccc3)cc2)c1.[Pt]. The molecule has 0 N–H and O–H groups in total.